The lowest BCUT2D eigenvalue weighted by Gasteiger charge is -2.18. The lowest BCUT2D eigenvalue weighted by molar-refractivity contribution is 0.0947. The van der Waals surface area contributed by atoms with Gasteiger partial charge in [-0.15, -0.1) is 0 Å². The summed E-state index contributed by atoms with van der Waals surface area (Å²) in [4.78, 5) is 26.9. The van der Waals surface area contributed by atoms with E-state index in [1.54, 1.807) is 49.6 Å². The third-order valence-corrected chi connectivity index (χ3v) is 5.48. The Morgan fingerprint density at radius 2 is 1.68 bits per heavy atom. The summed E-state index contributed by atoms with van der Waals surface area (Å²) in [5, 5.41) is 8.66. The van der Waals surface area contributed by atoms with Crippen LogP contribution in [0.25, 0.3) is 0 Å². The molecular weight excluding hydrogens is 480 g/mol. The van der Waals surface area contributed by atoms with Crippen LogP contribution in [0, 0.1) is 0 Å². The van der Waals surface area contributed by atoms with Gasteiger partial charge in [0.1, 0.15) is 5.75 Å². The van der Waals surface area contributed by atoms with Gasteiger partial charge < -0.3 is 20.3 Å². The third kappa shape index (κ3) is 7.61. The Labute approximate surface area is 196 Å². The molecule has 0 spiro atoms. The van der Waals surface area contributed by atoms with Gasteiger partial charge in [-0.1, -0.05) is 13.8 Å². The van der Waals surface area contributed by atoms with Gasteiger partial charge in [0.2, 0.25) is 0 Å². The van der Waals surface area contributed by atoms with Gasteiger partial charge in [0.25, 0.3) is 11.8 Å². The van der Waals surface area contributed by atoms with Crippen LogP contribution in [0.2, 0.25) is 0 Å². The van der Waals surface area contributed by atoms with Crippen LogP contribution in [0.3, 0.4) is 0 Å². The molecule has 2 aromatic rings. The van der Waals surface area contributed by atoms with Crippen LogP contribution in [0.4, 0.5) is 5.69 Å². The highest BCUT2D eigenvalue weighted by atomic mass is 79.9. The molecule has 0 heterocycles. The van der Waals surface area contributed by atoms with Gasteiger partial charge >= 0.3 is 0 Å². The minimum atomic E-state index is -0.343. The molecule has 3 N–H and O–H groups in total. The number of carbonyl (C=O) groups excluding carboxylic acids is 2. The number of nitrogens with one attached hydrogen (secondary N) is 3. The molecule has 0 atom stereocenters. The second kappa shape index (κ2) is 12.4. The summed E-state index contributed by atoms with van der Waals surface area (Å²) in [5.74, 6) is 0.166. The number of hydrogen-bond acceptors (Lipinski definition) is 5. The molecule has 2 amide bonds. The fraction of sp³-hybridized carbons (Fsp3) is 0.318. The van der Waals surface area contributed by atoms with Crippen LogP contribution in [0.5, 0.6) is 5.75 Å². The molecule has 31 heavy (non-hydrogen) atoms. The van der Waals surface area contributed by atoms with Crippen molar-refractivity contribution in [2.75, 3.05) is 38.6 Å². The van der Waals surface area contributed by atoms with E-state index in [4.69, 9.17) is 17.0 Å². The Kier molecular flexibility index (Phi) is 9.90. The first-order valence-corrected chi connectivity index (χ1v) is 11.1. The van der Waals surface area contributed by atoms with E-state index in [1.165, 1.54) is 0 Å². The number of thiocarbonyl (C=S) groups is 1. The van der Waals surface area contributed by atoms with Crippen molar-refractivity contribution in [3.8, 4) is 5.75 Å². The number of hydrogen-bond donors (Lipinski definition) is 3. The summed E-state index contributed by atoms with van der Waals surface area (Å²) in [6.45, 7) is 7.52. The first-order chi connectivity index (χ1) is 14.9. The van der Waals surface area contributed by atoms with Crippen LogP contribution < -0.4 is 20.7 Å². The Balaban J connectivity index is 1.86. The van der Waals surface area contributed by atoms with Crippen LogP contribution in [-0.2, 0) is 0 Å². The molecule has 0 aliphatic rings. The predicted molar refractivity (Wildman–Crippen MR) is 131 cm³/mol. The van der Waals surface area contributed by atoms with Crippen LogP contribution in [0.15, 0.2) is 46.9 Å². The Hall–Kier alpha value is -2.49. The van der Waals surface area contributed by atoms with Gasteiger partial charge in [0.05, 0.1) is 11.6 Å². The maximum Gasteiger partial charge on any atom is 0.257 e. The first kappa shape index (κ1) is 24.8. The van der Waals surface area contributed by atoms with E-state index in [9.17, 15) is 9.59 Å². The molecule has 0 saturated heterocycles. The van der Waals surface area contributed by atoms with Crippen LogP contribution >= 0.6 is 28.1 Å². The Morgan fingerprint density at radius 1 is 1.03 bits per heavy atom. The Bertz CT molecular complexity index is 917. The molecule has 0 saturated carbocycles. The molecular formula is C22H27BrN4O3S. The summed E-state index contributed by atoms with van der Waals surface area (Å²) in [7, 11) is 1.56. The van der Waals surface area contributed by atoms with Crippen molar-refractivity contribution in [1.82, 2.24) is 15.5 Å². The number of benzene rings is 2. The third-order valence-electron chi connectivity index (χ3n) is 4.65. The zero-order valence-corrected chi connectivity index (χ0v) is 20.2. The summed E-state index contributed by atoms with van der Waals surface area (Å²) >= 11 is 8.57. The van der Waals surface area contributed by atoms with Crippen molar-refractivity contribution in [1.29, 1.82) is 0 Å². The summed E-state index contributed by atoms with van der Waals surface area (Å²) in [6.07, 6.45) is 0. The smallest absolute Gasteiger partial charge is 0.257 e. The molecule has 0 aromatic heterocycles. The number of methoxy groups -OCH3 is 1. The predicted octanol–water partition coefficient (Wildman–Crippen LogP) is 3.66. The molecule has 9 heteroatoms. The molecule has 0 aliphatic carbocycles. The molecule has 0 unspecified atom stereocenters. The number of halogens is 1. The number of likely N-dealkylation sites (N-methyl/N-ethyl adjacent to an activating group) is 1. The molecule has 0 bridgehead atoms. The second-order valence-electron chi connectivity index (χ2n) is 6.62. The standard InChI is InChI=1S/C22H27BrN4O3S/c1-4-27(5-2)13-12-24-20(28)15-6-9-17(10-7-15)25-22(31)26-21(29)16-8-11-19(30-3)18(23)14-16/h6-11,14H,4-5,12-13H2,1-3H3,(H,24,28)(H2,25,26,29,31). The maximum atomic E-state index is 12.4. The van der Waals surface area contributed by atoms with E-state index >= 15 is 0 Å². The number of amides is 2. The Morgan fingerprint density at radius 3 is 2.26 bits per heavy atom. The van der Waals surface area contributed by atoms with E-state index < -0.39 is 0 Å². The minimum absolute atomic E-state index is 0.125. The molecule has 0 fully saturated rings. The number of carbonyl (C=O) groups is 2. The topological polar surface area (TPSA) is 82.7 Å². The number of rotatable bonds is 9. The van der Waals surface area contributed by atoms with E-state index in [-0.39, 0.29) is 16.9 Å². The minimum Gasteiger partial charge on any atom is -0.496 e. The van der Waals surface area contributed by atoms with Gasteiger partial charge in [-0.05, 0) is 83.7 Å². The van der Waals surface area contributed by atoms with Crippen molar-refractivity contribution in [2.24, 2.45) is 0 Å². The lowest BCUT2D eigenvalue weighted by atomic mass is 10.2. The zero-order valence-electron chi connectivity index (χ0n) is 17.8. The fourth-order valence-corrected chi connectivity index (χ4v) is 3.57. The van der Waals surface area contributed by atoms with E-state index in [1.807, 2.05) is 0 Å². The quantitative estimate of drug-likeness (QED) is 0.450. The lowest BCUT2D eigenvalue weighted by Crippen LogP contribution is -2.35. The maximum absolute atomic E-state index is 12.4. The first-order valence-electron chi connectivity index (χ1n) is 9.94. The van der Waals surface area contributed by atoms with Crippen molar-refractivity contribution < 1.29 is 14.3 Å². The van der Waals surface area contributed by atoms with Gasteiger partial charge in [0.15, 0.2) is 5.11 Å². The molecule has 0 aliphatic heterocycles. The molecule has 2 aromatic carbocycles. The highest BCUT2D eigenvalue weighted by Gasteiger charge is 2.11. The highest BCUT2D eigenvalue weighted by Crippen LogP contribution is 2.25. The van der Waals surface area contributed by atoms with Crippen LogP contribution in [-0.4, -0.2) is 55.1 Å². The van der Waals surface area contributed by atoms with Crippen molar-refractivity contribution in [3.63, 3.8) is 0 Å². The van der Waals surface area contributed by atoms with Gasteiger partial charge in [-0.25, -0.2) is 0 Å². The molecule has 2 rings (SSSR count). The highest BCUT2D eigenvalue weighted by molar-refractivity contribution is 9.10. The average molecular weight is 507 g/mol. The molecule has 166 valence electrons. The monoisotopic (exact) mass is 506 g/mol. The summed E-state index contributed by atoms with van der Waals surface area (Å²) in [5.41, 5.74) is 1.66. The summed E-state index contributed by atoms with van der Waals surface area (Å²) in [6, 6.07) is 11.9. The largest absolute Gasteiger partial charge is 0.496 e. The average Bonchev–Trinajstić information content (AvgIpc) is 2.76. The second-order valence-corrected chi connectivity index (χ2v) is 7.88. The van der Waals surface area contributed by atoms with Crippen molar-refractivity contribution in [2.45, 2.75) is 13.8 Å². The SMILES string of the molecule is CCN(CC)CCNC(=O)c1ccc(NC(=S)NC(=O)c2ccc(OC)c(Br)c2)cc1. The van der Waals surface area contributed by atoms with E-state index in [2.05, 4.69) is 50.6 Å². The van der Waals surface area contributed by atoms with E-state index in [0.717, 1.165) is 19.6 Å². The number of anilines is 1. The zero-order chi connectivity index (χ0) is 22.8. The number of ether oxygens (including phenoxy) is 1. The molecule has 7 nitrogen and oxygen atoms in total. The van der Waals surface area contributed by atoms with E-state index in [0.29, 0.717) is 33.6 Å². The van der Waals surface area contributed by atoms with Gasteiger partial charge in [0, 0.05) is 29.9 Å². The summed E-state index contributed by atoms with van der Waals surface area (Å²) < 4.78 is 5.83. The van der Waals surface area contributed by atoms with Crippen LogP contribution in [0.1, 0.15) is 34.6 Å². The van der Waals surface area contributed by atoms with Gasteiger partial charge in [-0.3, -0.25) is 14.9 Å². The van der Waals surface area contributed by atoms with Crippen molar-refractivity contribution in [3.05, 3.63) is 58.1 Å². The fourth-order valence-electron chi connectivity index (χ4n) is 2.82. The van der Waals surface area contributed by atoms with Crippen molar-refractivity contribution >= 4 is 50.8 Å². The van der Waals surface area contributed by atoms with Gasteiger partial charge in [-0.2, -0.15) is 0 Å². The molecule has 0 radical (unpaired) electrons. The normalized spacial score (nSPS) is 10.5. The number of nitrogens with zero attached hydrogens (tertiary/aromatic N) is 1.